The van der Waals surface area contributed by atoms with Crippen molar-refractivity contribution in [1.29, 1.82) is 0 Å². The van der Waals surface area contributed by atoms with Crippen LogP contribution >= 0.6 is 11.6 Å². The lowest BCUT2D eigenvalue weighted by Crippen LogP contribution is -2.47. The molecule has 5 nitrogen and oxygen atoms in total. The molecule has 6 heteroatoms. The summed E-state index contributed by atoms with van der Waals surface area (Å²) in [7, 11) is 0. The smallest absolute Gasteiger partial charge is 0.143 e. The summed E-state index contributed by atoms with van der Waals surface area (Å²) in [6.07, 6.45) is 1.64. The summed E-state index contributed by atoms with van der Waals surface area (Å²) in [5, 5.41) is 9.65. The Kier molecular flexibility index (Phi) is 4.06. The molecule has 1 fully saturated rings. The van der Waals surface area contributed by atoms with Crippen molar-refractivity contribution in [1.82, 2.24) is 14.9 Å². The third kappa shape index (κ3) is 2.89. The van der Waals surface area contributed by atoms with Crippen LogP contribution in [0.1, 0.15) is 5.82 Å². The van der Waals surface area contributed by atoms with E-state index in [-0.39, 0.29) is 12.6 Å². The number of aromatic nitrogens is 2. The van der Waals surface area contributed by atoms with E-state index in [2.05, 4.69) is 14.9 Å². The molecular weight excluding hydrogens is 230 g/mol. The quantitative estimate of drug-likeness (QED) is 0.775. The molecule has 1 aromatic heterocycles. The van der Waals surface area contributed by atoms with Crippen LogP contribution in [0.2, 0.25) is 5.15 Å². The zero-order valence-corrected chi connectivity index (χ0v) is 9.60. The number of ether oxygens (including phenoxy) is 1. The zero-order valence-electron chi connectivity index (χ0n) is 8.84. The van der Waals surface area contributed by atoms with Gasteiger partial charge in [-0.2, -0.15) is 0 Å². The summed E-state index contributed by atoms with van der Waals surface area (Å²) < 4.78 is 5.30. The molecule has 0 amide bonds. The first kappa shape index (κ1) is 11.7. The van der Waals surface area contributed by atoms with Gasteiger partial charge >= 0.3 is 0 Å². The highest BCUT2D eigenvalue weighted by Crippen LogP contribution is 2.11. The van der Waals surface area contributed by atoms with Gasteiger partial charge in [-0.05, 0) is 6.07 Å². The first-order chi connectivity index (χ1) is 7.79. The van der Waals surface area contributed by atoms with Gasteiger partial charge < -0.3 is 9.84 Å². The molecule has 2 rings (SSSR count). The monoisotopic (exact) mass is 243 g/mol. The van der Waals surface area contributed by atoms with Crippen LogP contribution in [0.3, 0.4) is 0 Å². The van der Waals surface area contributed by atoms with Gasteiger partial charge in [0.25, 0.3) is 0 Å². The van der Waals surface area contributed by atoms with Crippen molar-refractivity contribution in [3.8, 4) is 0 Å². The average Bonchev–Trinajstić information content (AvgIpc) is 2.30. The van der Waals surface area contributed by atoms with Gasteiger partial charge in [-0.25, -0.2) is 9.97 Å². The largest absolute Gasteiger partial charge is 0.395 e. The molecule has 16 heavy (non-hydrogen) atoms. The number of aliphatic hydroxyl groups is 1. The van der Waals surface area contributed by atoms with E-state index in [0.29, 0.717) is 30.7 Å². The summed E-state index contributed by atoms with van der Waals surface area (Å²) in [6, 6.07) is 1.67. The van der Waals surface area contributed by atoms with E-state index in [9.17, 15) is 5.11 Å². The summed E-state index contributed by atoms with van der Waals surface area (Å²) in [5.41, 5.74) is 0. The predicted octanol–water partition coefficient (Wildman–Crippen LogP) is 0.323. The van der Waals surface area contributed by atoms with Gasteiger partial charge in [-0.15, -0.1) is 0 Å². The molecule has 0 aliphatic carbocycles. The SMILES string of the molecule is OC[C@H]1COCCN1Cc1nccc(Cl)n1. The molecule has 0 saturated carbocycles. The topological polar surface area (TPSA) is 58.5 Å². The molecule has 0 aromatic carbocycles. The van der Waals surface area contributed by atoms with Crippen molar-refractivity contribution in [2.75, 3.05) is 26.4 Å². The summed E-state index contributed by atoms with van der Waals surface area (Å²) >= 11 is 5.79. The van der Waals surface area contributed by atoms with Crippen molar-refractivity contribution in [2.24, 2.45) is 0 Å². The second-order valence-corrected chi connectivity index (χ2v) is 4.06. The van der Waals surface area contributed by atoms with Crippen molar-refractivity contribution in [3.05, 3.63) is 23.2 Å². The molecule has 1 N–H and O–H groups in total. The van der Waals surface area contributed by atoms with Crippen LogP contribution in [0.25, 0.3) is 0 Å². The standard InChI is InChI=1S/C10H14ClN3O2/c11-9-1-2-12-10(13-9)5-14-3-4-16-7-8(14)6-15/h1-2,8,15H,3-7H2/t8-/m0/s1. The van der Waals surface area contributed by atoms with Gasteiger partial charge in [0.1, 0.15) is 11.0 Å². The van der Waals surface area contributed by atoms with Crippen LogP contribution in [0.4, 0.5) is 0 Å². The number of nitrogens with zero attached hydrogens (tertiary/aromatic N) is 3. The van der Waals surface area contributed by atoms with E-state index in [4.69, 9.17) is 16.3 Å². The predicted molar refractivity (Wildman–Crippen MR) is 59.1 cm³/mol. The Morgan fingerprint density at radius 3 is 3.25 bits per heavy atom. The maximum Gasteiger partial charge on any atom is 0.143 e. The van der Waals surface area contributed by atoms with Gasteiger partial charge in [0, 0.05) is 12.7 Å². The number of halogens is 1. The maximum atomic E-state index is 9.21. The van der Waals surface area contributed by atoms with Crippen LogP contribution in [0.15, 0.2) is 12.3 Å². The molecule has 1 saturated heterocycles. The minimum absolute atomic E-state index is 0.0244. The molecule has 1 aliphatic heterocycles. The lowest BCUT2D eigenvalue weighted by Gasteiger charge is -2.33. The Hall–Kier alpha value is -0.750. The van der Waals surface area contributed by atoms with Gasteiger partial charge in [0.2, 0.25) is 0 Å². The van der Waals surface area contributed by atoms with Gasteiger partial charge in [0.05, 0.1) is 32.4 Å². The summed E-state index contributed by atoms with van der Waals surface area (Å²) in [5.74, 6) is 0.674. The Labute approximate surface area is 99.0 Å². The molecule has 0 radical (unpaired) electrons. The number of hydrogen-bond donors (Lipinski definition) is 1. The second-order valence-electron chi connectivity index (χ2n) is 3.68. The van der Waals surface area contributed by atoms with E-state index in [1.807, 2.05) is 0 Å². The van der Waals surface area contributed by atoms with E-state index >= 15 is 0 Å². The van der Waals surface area contributed by atoms with Crippen LogP contribution in [-0.4, -0.2) is 52.4 Å². The fourth-order valence-corrected chi connectivity index (χ4v) is 1.85. The van der Waals surface area contributed by atoms with Crippen molar-refractivity contribution < 1.29 is 9.84 Å². The van der Waals surface area contributed by atoms with Crippen LogP contribution in [-0.2, 0) is 11.3 Å². The lowest BCUT2D eigenvalue weighted by atomic mass is 10.2. The third-order valence-corrected chi connectivity index (χ3v) is 2.79. The van der Waals surface area contributed by atoms with Crippen molar-refractivity contribution in [2.45, 2.75) is 12.6 Å². The van der Waals surface area contributed by atoms with Crippen molar-refractivity contribution >= 4 is 11.6 Å². The Balaban J connectivity index is 2.02. The van der Waals surface area contributed by atoms with Crippen LogP contribution in [0, 0.1) is 0 Å². The van der Waals surface area contributed by atoms with Gasteiger partial charge in [-0.3, -0.25) is 4.90 Å². The van der Waals surface area contributed by atoms with E-state index in [0.717, 1.165) is 6.54 Å². The third-order valence-electron chi connectivity index (χ3n) is 2.58. The van der Waals surface area contributed by atoms with E-state index in [1.54, 1.807) is 12.3 Å². The van der Waals surface area contributed by atoms with Crippen LogP contribution in [0.5, 0.6) is 0 Å². The molecule has 1 atom stereocenters. The first-order valence-corrected chi connectivity index (χ1v) is 5.57. The second kappa shape index (κ2) is 5.54. The minimum atomic E-state index is 0.0244. The number of morpholine rings is 1. The zero-order chi connectivity index (χ0) is 11.4. The number of hydrogen-bond acceptors (Lipinski definition) is 5. The maximum absolute atomic E-state index is 9.21. The van der Waals surface area contributed by atoms with E-state index in [1.165, 1.54) is 0 Å². The van der Waals surface area contributed by atoms with Gasteiger partial charge in [0.15, 0.2) is 0 Å². The number of rotatable bonds is 3. The Morgan fingerprint density at radius 2 is 2.50 bits per heavy atom. The molecule has 0 unspecified atom stereocenters. The fraction of sp³-hybridized carbons (Fsp3) is 0.600. The molecule has 1 aromatic rings. The average molecular weight is 244 g/mol. The van der Waals surface area contributed by atoms with E-state index < -0.39 is 0 Å². The molecule has 88 valence electrons. The summed E-state index contributed by atoms with van der Waals surface area (Å²) in [6.45, 7) is 2.69. The highest BCUT2D eigenvalue weighted by Gasteiger charge is 2.22. The Bertz CT molecular complexity index is 351. The molecule has 2 heterocycles. The highest BCUT2D eigenvalue weighted by atomic mass is 35.5. The summed E-state index contributed by atoms with van der Waals surface area (Å²) in [4.78, 5) is 10.4. The molecular formula is C10H14ClN3O2. The lowest BCUT2D eigenvalue weighted by molar-refractivity contribution is -0.0322. The fourth-order valence-electron chi connectivity index (χ4n) is 1.70. The molecule has 0 spiro atoms. The molecule has 0 bridgehead atoms. The van der Waals surface area contributed by atoms with Gasteiger partial charge in [-0.1, -0.05) is 11.6 Å². The van der Waals surface area contributed by atoms with Crippen molar-refractivity contribution in [3.63, 3.8) is 0 Å². The number of aliphatic hydroxyl groups excluding tert-OH is 1. The minimum Gasteiger partial charge on any atom is -0.395 e. The first-order valence-electron chi connectivity index (χ1n) is 5.19. The van der Waals surface area contributed by atoms with Crippen LogP contribution < -0.4 is 0 Å². The normalized spacial score (nSPS) is 22.2. The highest BCUT2D eigenvalue weighted by molar-refractivity contribution is 6.29. The molecule has 1 aliphatic rings. The Morgan fingerprint density at radius 1 is 1.62 bits per heavy atom.